The normalized spacial score (nSPS) is 12.8. The minimum atomic E-state index is -0.326. The summed E-state index contributed by atoms with van der Waals surface area (Å²) in [5.41, 5.74) is 4.95. The fourth-order valence-electron chi connectivity index (χ4n) is 4.06. The van der Waals surface area contributed by atoms with Crippen LogP contribution in [-0.4, -0.2) is 20.1 Å². The monoisotopic (exact) mass is 416 g/mol. The molecule has 2 heterocycles. The van der Waals surface area contributed by atoms with Gasteiger partial charge in [-0.05, 0) is 72.9 Å². The van der Waals surface area contributed by atoms with Gasteiger partial charge in [0.1, 0.15) is 11.3 Å². The van der Waals surface area contributed by atoms with E-state index in [-0.39, 0.29) is 30.2 Å². The van der Waals surface area contributed by atoms with Crippen molar-refractivity contribution < 1.29 is 9.18 Å². The van der Waals surface area contributed by atoms with Crippen LogP contribution in [0, 0.1) is 5.82 Å². The maximum absolute atomic E-state index is 13.2. The van der Waals surface area contributed by atoms with Crippen LogP contribution in [0.2, 0.25) is 0 Å². The Morgan fingerprint density at radius 2 is 1.84 bits per heavy atom. The van der Waals surface area contributed by atoms with E-state index in [1.165, 1.54) is 32.3 Å². The molecular weight excluding hydrogens is 395 g/mol. The van der Waals surface area contributed by atoms with Crippen molar-refractivity contribution >= 4 is 17.1 Å². The SMILES string of the molecule is O=C(CCn1ccn2nc(-c3ccc(F)cc3)cc2c1=O)Nc1ccc2c(c1)CCC2. The molecule has 1 amide bonds. The minimum absolute atomic E-state index is 0.134. The van der Waals surface area contributed by atoms with Gasteiger partial charge in [0, 0.05) is 36.6 Å². The molecule has 0 saturated heterocycles. The zero-order valence-corrected chi connectivity index (χ0v) is 16.8. The lowest BCUT2D eigenvalue weighted by atomic mass is 10.1. The van der Waals surface area contributed by atoms with E-state index in [1.54, 1.807) is 30.6 Å². The second kappa shape index (κ2) is 7.83. The van der Waals surface area contributed by atoms with Crippen molar-refractivity contribution in [3.8, 4) is 11.3 Å². The van der Waals surface area contributed by atoms with Crippen molar-refractivity contribution in [1.29, 1.82) is 0 Å². The Hall–Kier alpha value is -3.74. The summed E-state index contributed by atoms with van der Waals surface area (Å²) >= 11 is 0. The van der Waals surface area contributed by atoms with E-state index in [1.807, 2.05) is 12.1 Å². The first kappa shape index (κ1) is 19.2. The van der Waals surface area contributed by atoms with Gasteiger partial charge >= 0.3 is 0 Å². The molecule has 0 spiro atoms. The fraction of sp³-hybridized carbons (Fsp3) is 0.208. The summed E-state index contributed by atoms with van der Waals surface area (Å²) in [6.07, 6.45) is 6.81. The second-order valence-electron chi connectivity index (χ2n) is 7.80. The van der Waals surface area contributed by atoms with Crippen molar-refractivity contribution in [3.05, 3.63) is 88.2 Å². The smallest absolute Gasteiger partial charge is 0.276 e. The molecule has 0 radical (unpaired) electrons. The molecule has 0 fully saturated rings. The molecule has 31 heavy (non-hydrogen) atoms. The van der Waals surface area contributed by atoms with Gasteiger partial charge in [-0.15, -0.1) is 0 Å². The van der Waals surface area contributed by atoms with Crippen molar-refractivity contribution in [2.45, 2.75) is 32.2 Å². The first-order valence-corrected chi connectivity index (χ1v) is 10.3. The quantitative estimate of drug-likeness (QED) is 0.538. The van der Waals surface area contributed by atoms with Gasteiger partial charge in [0.25, 0.3) is 5.56 Å². The number of carbonyl (C=O) groups excluding carboxylic acids is 1. The predicted molar refractivity (Wildman–Crippen MR) is 117 cm³/mol. The number of nitrogens with zero attached hydrogens (tertiary/aromatic N) is 3. The molecular formula is C24H21FN4O2. The fourth-order valence-corrected chi connectivity index (χ4v) is 4.06. The van der Waals surface area contributed by atoms with Crippen LogP contribution in [0.15, 0.2) is 65.7 Å². The Morgan fingerprint density at radius 1 is 1.03 bits per heavy atom. The number of fused-ring (bicyclic) bond motifs is 2. The van der Waals surface area contributed by atoms with Gasteiger partial charge in [-0.25, -0.2) is 8.91 Å². The average Bonchev–Trinajstić information content (AvgIpc) is 3.41. The Kier molecular flexibility index (Phi) is 4.86. The van der Waals surface area contributed by atoms with Gasteiger partial charge < -0.3 is 9.88 Å². The maximum atomic E-state index is 13.2. The molecule has 4 aromatic rings. The number of anilines is 1. The molecule has 0 bridgehead atoms. The van der Waals surface area contributed by atoms with E-state index in [9.17, 15) is 14.0 Å². The first-order valence-electron chi connectivity index (χ1n) is 10.3. The molecule has 0 atom stereocenters. The molecule has 7 heteroatoms. The number of amides is 1. The van der Waals surface area contributed by atoms with Crippen molar-refractivity contribution in [2.75, 3.05) is 5.32 Å². The number of hydrogen-bond donors (Lipinski definition) is 1. The van der Waals surface area contributed by atoms with Crippen LogP contribution in [0.25, 0.3) is 16.8 Å². The van der Waals surface area contributed by atoms with Gasteiger partial charge in [0.15, 0.2) is 0 Å². The van der Waals surface area contributed by atoms with Crippen LogP contribution in [0.3, 0.4) is 0 Å². The molecule has 6 nitrogen and oxygen atoms in total. The number of benzene rings is 2. The Morgan fingerprint density at radius 3 is 2.68 bits per heavy atom. The molecule has 0 unspecified atom stereocenters. The zero-order valence-electron chi connectivity index (χ0n) is 16.8. The van der Waals surface area contributed by atoms with E-state index in [2.05, 4.69) is 16.5 Å². The Bertz CT molecular complexity index is 1340. The number of rotatable bonds is 5. The molecule has 156 valence electrons. The number of halogens is 1. The van der Waals surface area contributed by atoms with Crippen LogP contribution < -0.4 is 10.9 Å². The summed E-state index contributed by atoms with van der Waals surface area (Å²) in [5, 5.41) is 7.32. The highest BCUT2D eigenvalue weighted by atomic mass is 19.1. The largest absolute Gasteiger partial charge is 0.326 e. The van der Waals surface area contributed by atoms with E-state index in [0.29, 0.717) is 11.2 Å². The number of aryl methyl sites for hydroxylation is 3. The van der Waals surface area contributed by atoms with Crippen LogP contribution in [0.5, 0.6) is 0 Å². The minimum Gasteiger partial charge on any atom is -0.326 e. The number of aromatic nitrogens is 3. The number of nitrogens with one attached hydrogen (secondary N) is 1. The molecule has 0 aliphatic heterocycles. The molecule has 5 rings (SSSR count). The van der Waals surface area contributed by atoms with Crippen molar-refractivity contribution in [2.24, 2.45) is 0 Å². The third-order valence-corrected chi connectivity index (χ3v) is 5.71. The zero-order chi connectivity index (χ0) is 21.4. The molecule has 1 aliphatic rings. The lowest BCUT2D eigenvalue weighted by molar-refractivity contribution is -0.116. The van der Waals surface area contributed by atoms with Gasteiger partial charge in [-0.2, -0.15) is 5.10 Å². The summed E-state index contributed by atoms with van der Waals surface area (Å²) in [6.45, 7) is 0.267. The maximum Gasteiger partial charge on any atom is 0.276 e. The Balaban J connectivity index is 1.30. The van der Waals surface area contributed by atoms with Crippen LogP contribution >= 0.6 is 0 Å². The highest BCUT2D eigenvalue weighted by molar-refractivity contribution is 5.90. The third-order valence-electron chi connectivity index (χ3n) is 5.71. The summed E-state index contributed by atoms with van der Waals surface area (Å²) in [6, 6.07) is 13.7. The predicted octanol–water partition coefficient (Wildman–Crippen LogP) is 3.82. The molecule has 1 aliphatic carbocycles. The van der Waals surface area contributed by atoms with Gasteiger partial charge in [0.05, 0.1) is 5.69 Å². The van der Waals surface area contributed by atoms with E-state index >= 15 is 0 Å². The number of hydrogen-bond acceptors (Lipinski definition) is 3. The molecule has 1 N–H and O–H groups in total. The van der Waals surface area contributed by atoms with E-state index < -0.39 is 0 Å². The highest BCUT2D eigenvalue weighted by Gasteiger charge is 2.13. The lowest BCUT2D eigenvalue weighted by Gasteiger charge is -2.09. The topological polar surface area (TPSA) is 68.4 Å². The van der Waals surface area contributed by atoms with Gasteiger partial charge in [-0.3, -0.25) is 9.59 Å². The summed E-state index contributed by atoms with van der Waals surface area (Å²) in [5.74, 6) is -0.460. The van der Waals surface area contributed by atoms with Crippen molar-refractivity contribution in [1.82, 2.24) is 14.2 Å². The molecule has 0 saturated carbocycles. The summed E-state index contributed by atoms with van der Waals surface area (Å²) in [4.78, 5) is 25.2. The Labute approximate surface area is 178 Å². The average molecular weight is 416 g/mol. The lowest BCUT2D eigenvalue weighted by Crippen LogP contribution is -2.24. The standard InChI is InChI=1S/C24H21FN4O2/c25-19-7-4-17(5-8-19)21-15-22-24(31)28(12-13-29(22)27-21)11-10-23(30)26-20-9-6-16-2-1-3-18(16)14-20/h4-9,12-15H,1-3,10-11H2,(H,26,30). The van der Waals surface area contributed by atoms with Crippen LogP contribution in [-0.2, 0) is 24.2 Å². The highest BCUT2D eigenvalue weighted by Crippen LogP contribution is 2.25. The first-order chi connectivity index (χ1) is 15.1. The third kappa shape index (κ3) is 3.86. The summed E-state index contributed by atoms with van der Waals surface area (Å²) < 4.78 is 16.2. The molecule has 2 aromatic carbocycles. The second-order valence-corrected chi connectivity index (χ2v) is 7.80. The number of carbonyl (C=O) groups is 1. The molecule has 2 aromatic heterocycles. The summed E-state index contributed by atoms with van der Waals surface area (Å²) in [7, 11) is 0. The van der Waals surface area contributed by atoms with E-state index in [0.717, 1.165) is 30.5 Å². The van der Waals surface area contributed by atoms with E-state index in [4.69, 9.17) is 0 Å². The van der Waals surface area contributed by atoms with Gasteiger partial charge in [-0.1, -0.05) is 6.07 Å². The van der Waals surface area contributed by atoms with Crippen molar-refractivity contribution in [3.63, 3.8) is 0 Å². The van der Waals surface area contributed by atoms with Gasteiger partial charge in [0.2, 0.25) is 5.91 Å². The van der Waals surface area contributed by atoms with Crippen LogP contribution in [0.1, 0.15) is 24.0 Å². The van der Waals surface area contributed by atoms with Crippen LogP contribution in [0.4, 0.5) is 10.1 Å².